The monoisotopic (exact) mass is 398 g/mol. The van der Waals surface area contributed by atoms with Crippen molar-refractivity contribution in [3.05, 3.63) is 43.0 Å². The molecule has 5 aromatic rings. The molecule has 8 heteroatoms. The van der Waals surface area contributed by atoms with Gasteiger partial charge in [0, 0.05) is 54.6 Å². The van der Waals surface area contributed by atoms with Crippen LogP contribution in [-0.4, -0.2) is 48.0 Å². The highest BCUT2D eigenvalue weighted by molar-refractivity contribution is 5.99. The molecule has 0 spiro atoms. The number of aromatic amines is 2. The Kier molecular flexibility index (Phi) is 3.83. The van der Waals surface area contributed by atoms with Gasteiger partial charge in [0.25, 0.3) is 0 Å². The van der Waals surface area contributed by atoms with Crippen molar-refractivity contribution >= 4 is 27.6 Å². The van der Waals surface area contributed by atoms with Crippen molar-refractivity contribution in [2.45, 2.75) is 19.3 Å². The first-order valence-electron chi connectivity index (χ1n) is 10.3. The molecule has 0 aromatic carbocycles. The zero-order valence-corrected chi connectivity index (χ0v) is 16.8. The first-order chi connectivity index (χ1) is 14.8. The summed E-state index contributed by atoms with van der Waals surface area (Å²) >= 11 is 0. The van der Waals surface area contributed by atoms with Crippen molar-refractivity contribution in [1.29, 1.82) is 0 Å². The summed E-state index contributed by atoms with van der Waals surface area (Å²) in [6, 6.07) is 6.36. The normalized spacial score (nSPS) is 14.8. The molecule has 0 amide bonds. The Balaban J connectivity index is 1.47. The van der Waals surface area contributed by atoms with Gasteiger partial charge >= 0.3 is 0 Å². The van der Waals surface area contributed by atoms with Crippen molar-refractivity contribution in [1.82, 2.24) is 34.9 Å². The number of piperidine rings is 1. The highest BCUT2D eigenvalue weighted by Crippen LogP contribution is 2.34. The van der Waals surface area contributed by atoms with Crippen LogP contribution in [-0.2, 0) is 7.05 Å². The molecule has 2 N–H and O–H groups in total. The number of H-pyrrole nitrogens is 2. The van der Waals surface area contributed by atoms with Crippen molar-refractivity contribution in [3.8, 4) is 22.6 Å². The summed E-state index contributed by atoms with van der Waals surface area (Å²) in [7, 11) is 1.91. The molecule has 30 heavy (non-hydrogen) atoms. The molecule has 0 bridgehead atoms. The minimum absolute atomic E-state index is 0.875. The number of nitrogens with one attached hydrogen (secondary N) is 2. The number of hydrogen-bond acceptors (Lipinski definition) is 5. The summed E-state index contributed by atoms with van der Waals surface area (Å²) in [6.07, 6.45) is 11.3. The van der Waals surface area contributed by atoms with Crippen LogP contribution in [0.25, 0.3) is 44.6 Å². The molecule has 1 fully saturated rings. The van der Waals surface area contributed by atoms with Crippen LogP contribution in [0.4, 0.5) is 5.69 Å². The van der Waals surface area contributed by atoms with Crippen LogP contribution in [0.2, 0.25) is 0 Å². The van der Waals surface area contributed by atoms with Crippen molar-refractivity contribution < 1.29 is 0 Å². The van der Waals surface area contributed by atoms with E-state index in [0.717, 1.165) is 57.7 Å². The van der Waals surface area contributed by atoms with Gasteiger partial charge in [0.05, 0.1) is 29.3 Å². The zero-order chi connectivity index (χ0) is 20.1. The first-order valence-corrected chi connectivity index (χ1v) is 10.3. The molecular weight excluding hydrogens is 376 g/mol. The number of nitrogens with zero attached hydrogens (tertiary/aromatic N) is 6. The van der Waals surface area contributed by atoms with E-state index < -0.39 is 0 Å². The molecule has 1 aliphatic rings. The van der Waals surface area contributed by atoms with Crippen molar-refractivity contribution in [3.63, 3.8) is 0 Å². The van der Waals surface area contributed by atoms with E-state index >= 15 is 0 Å². The minimum Gasteiger partial charge on any atom is -0.371 e. The topological polar surface area (TPSA) is 91.3 Å². The quantitative estimate of drug-likeness (QED) is 0.481. The maximum Gasteiger partial charge on any atom is 0.139 e. The van der Waals surface area contributed by atoms with E-state index in [0.29, 0.717) is 0 Å². The van der Waals surface area contributed by atoms with Gasteiger partial charge in [-0.25, -0.2) is 4.98 Å². The predicted octanol–water partition coefficient (Wildman–Crippen LogP) is 3.89. The number of fused-ring (bicyclic) bond motifs is 2. The smallest absolute Gasteiger partial charge is 0.139 e. The van der Waals surface area contributed by atoms with Gasteiger partial charge in [-0.05, 0) is 37.5 Å². The van der Waals surface area contributed by atoms with Crippen LogP contribution < -0.4 is 4.90 Å². The van der Waals surface area contributed by atoms with E-state index in [1.165, 1.54) is 24.9 Å². The molecule has 8 nitrogen and oxygen atoms in total. The number of aromatic nitrogens is 7. The van der Waals surface area contributed by atoms with Gasteiger partial charge in [0.2, 0.25) is 0 Å². The average Bonchev–Trinajstić information content (AvgIpc) is 3.50. The first kappa shape index (κ1) is 17.2. The number of rotatable bonds is 3. The fourth-order valence-electron chi connectivity index (χ4n) is 4.38. The molecule has 0 saturated carbocycles. The largest absolute Gasteiger partial charge is 0.371 e. The lowest BCUT2D eigenvalue weighted by Gasteiger charge is -2.29. The summed E-state index contributed by atoms with van der Waals surface area (Å²) in [5, 5.41) is 14.1. The highest BCUT2D eigenvalue weighted by Gasteiger charge is 2.18. The Morgan fingerprint density at radius 3 is 2.73 bits per heavy atom. The van der Waals surface area contributed by atoms with Crippen LogP contribution in [0.15, 0.2) is 43.0 Å². The molecule has 0 radical (unpaired) electrons. The van der Waals surface area contributed by atoms with Gasteiger partial charge in [-0.3, -0.25) is 14.8 Å². The van der Waals surface area contributed by atoms with Gasteiger partial charge in [-0.1, -0.05) is 0 Å². The van der Waals surface area contributed by atoms with Crippen LogP contribution in [0.1, 0.15) is 19.3 Å². The van der Waals surface area contributed by atoms with Crippen LogP contribution in [0, 0.1) is 0 Å². The number of pyridine rings is 2. The average molecular weight is 398 g/mol. The summed E-state index contributed by atoms with van der Waals surface area (Å²) in [4.78, 5) is 15.1. The third-order valence-electron chi connectivity index (χ3n) is 5.91. The molecule has 6 rings (SSSR count). The summed E-state index contributed by atoms with van der Waals surface area (Å²) in [5.41, 5.74) is 6.74. The van der Waals surface area contributed by atoms with Gasteiger partial charge in [-0.15, -0.1) is 0 Å². The minimum atomic E-state index is 0.875. The summed E-state index contributed by atoms with van der Waals surface area (Å²) < 4.78 is 1.78. The van der Waals surface area contributed by atoms with Crippen LogP contribution in [0.3, 0.4) is 0 Å². The van der Waals surface area contributed by atoms with Crippen molar-refractivity contribution in [2.24, 2.45) is 7.05 Å². The Morgan fingerprint density at radius 2 is 1.90 bits per heavy atom. The molecule has 150 valence electrons. The lowest BCUT2D eigenvalue weighted by molar-refractivity contribution is 0.579. The highest BCUT2D eigenvalue weighted by atomic mass is 15.2. The SMILES string of the molecule is Cn1cc(-c2cc3c(-c4cc5c(N6CCCCC6)ccnc5[nH]4)n[nH]c3cn2)cn1. The lowest BCUT2D eigenvalue weighted by atomic mass is 10.1. The van der Waals surface area contributed by atoms with E-state index in [1.54, 1.807) is 4.68 Å². The van der Waals surface area contributed by atoms with Crippen LogP contribution >= 0.6 is 0 Å². The molecule has 6 heterocycles. The molecule has 0 atom stereocenters. The molecular formula is C22H22N8. The Morgan fingerprint density at radius 1 is 1.00 bits per heavy atom. The maximum atomic E-state index is 4.58. The molecule has 5 aromatic heterocycles. The van der Waals surface area contributed by atoms with E-state index in [-0.39, 0.29) is 0 Å². The van der Waals surface area contributed by atoms with E-state index in [4.69, 9.17) is 0 Å². The standard InChI is InChI=1S/C22H22N8/c1-29-13-14(11-25-29)17-9-15-19(12-24-17)27-28-21(15)18-10-16-20(5-6-23-22(16)26-18)30-7-3-2-4-8-30/h5-6,9-13H,2-4,7-8H2,1H3,(H,23,26)(H,27,28). The summed E-state index contributed by atoms with van der Waals surface area (Å²) in [6.45, 7) is 2.20. The molecule has 1 aliphatic heterocycles. The molecule has 0 aliphatic carbocycles. The van der Waals surface area contributed by atoms with E-state index in [1.807, 2.05) is 31.8 Å². The second kappa shape index (κ2) is 6.69. The fraction of sp³-hybridized carbons (Fsp3) is 0.273. The molecule has 0 unspecified atom stereocenters. The summed E-state index contributed by atoms with van der Waals surface area (Å²) in [5.74, 6) is 0. The Bertz CT molecular complexity index is 1350. The lowest BCUT2D eigenvalue weighted by Crippen LogP contribution is -2.29. The predicted molar refractivity (Wildman–Crippen MR) is 117 cm³/mol. The van der Waals surface area contributed by atoms with Gasteiger partial charge in [-0.2, -0.15) is 10.2 Å². The van der Waals surface area contributed by atoms with Crippen LogP contribution in [0.5, 0.6) is 0 Å². The van der Waals surface area contributed by atoms with E-state index in [9.17, 15) is 0 Å². The fourth-order valence-corrected chi connectivity index (χ4v) is 4.38. The van der Waals surface area contributed by atoms with Gasteiger partial charge < -0.3 is 9.88 Å². The Hall–Kier alpha value is -3.68. The second-order valence-corrected chi connectivity index (χ2v) is 7.91. The number of aryl methyl sites for hydroxylation is 1. The van der Waals surface area contributed by atoms with Gasteiger partial charge in [0.15, 0.2) is 0 Å². The maximum absolute atomic E-state index is 4.58. The van der Waals surface area contributed by atoms with Crippen molar-refractivity contribution in [2.75, 3.05) is 18.0 Å². The molecule has 1 saturated heterocycles. The second-order valence-electron chi connectivity index (χ2n) is 7.91. The third kappa shape index (κ3) is 2.75. The number of hydrogen-bond donors (Lipinski definition) is 2. The third-order valence-corrected chi connectivity index (χ3v) is 5.91. The number of anilines is 1. The van der Waals surface area contributed by atoms with Gasteiger partial charge in [0.1, 0.15) is 11.3 Å². The zero-order valence-electron chi connectivity index (χ0n) is 16.8. The van der Waals surface area contributed by atoms with E-state index in [2.05, 4.69) is 53.3 Å². The Labute approximate surface area is 173 Å².